The van der Waals surface area contributed by atoms with E-state index in [1.165, 1.54) is 11.3 Å². The number of halogens is 1. The van der Waals surface area contributed by atoms with Crippen LogP contribution in [0.4, 0.5) is 10.7 Å². The van der Waals surface area contributed by atoms with Crippen molar-refractivity contribution >= 4 is 40.6 Å². The molecule has 3 saturated heterocycles. The molecular formula is C19H21ClN6O2S. The van der Waals surface area contributed by atoms with Gasteiger partial charge >= 0.3 is 6.09 Å². The van der Waals surface area contributed by atoms with Crippen LogP contribution in [0.5, 0.6) is 0 Å². The van der Waals surface area contributed by atoms with Crippen molar-refractivity contribution in [3.63, 3.8) is 0 Å². The van der Waals surface area contributed by atoms with Gasteiger partial charge in [0.15, 0.2) is 5.65 Å². The predicted octanol–water partition coefficient (Wildman–Crippen LogP) is 3.70. The summed E-state index contributed by atoms with van der Waals surface area (Å²) in [6.07, 6.45) is 2.51. The standard InChI is InChI=1S/C19H21ClN6O2S/c1-19(2,3)28-18(27)25-12-8-13(25)10-24(9-12)17-22-15-7-11(20)6-14(26(15)23-17)16-21-4-5-29-16/h4-7,12-13H,8-10H2,1-3H3. The first-order chi connectivity index (χ1) is 13.8. The smallest absolute Gasteiger partial charge is 0.410 e. The molecule has 0 spiro atoms. The molecule has 0 radical (unpaired) electrons. The monoisotopic (exact) mass is 432 g/mol. The van der Waals surface area contributed by atoms with Crippen molar-refractivity contribution in [1.29, 1.82) is 0 Å². The van der Waals surface area contributed by atoms with Gasteiger partial charge in [0.2, 0.25) is 5.95 Å². The molecule has 2 atom stereocenters. The fourth-order valence-corrected chi connectivity index (χ4v) is 4.80. The Bertz CT molecular complexity index is 1060. The number of hydrogen-bond donors (Lipinski definition) is 0. The van der Waals surface area contributed by atoms with Gasteiger partial charge in [0, 0.05) is 35.8 Å². The number of ether oxygens (including phenoxy) is 1. The van der Waals surface area contributed by atoms with Gasteiger partial charge in [-0.3, -0.25) is 4.90 Å². The number of rotatable bonds is 2. The van der Waals surface area contributed by atoms with E-state index < -0.39 is 5.60 Å². The van der Waals surface area contributed by atoms with Gasteiger partial charge in [-0.15, -0.1) is 16.4 Å². The van der Waals surface area contributed by atoms with Crippen LogP contribution in [0.25, 0.3) is 16.3 Å². The molecule has 2 bridgehead atoms. The number of hydrogen-bond acceptors (Lipinski definition) is 7. The van der Waals surface area contributed by atoms with Crippen LogP contribution in [-0.2, 0) is 4.74 Å². The topological polar surface area (TPSA) is 75.9 Å². The molecule has 10 heteroatoms. The van der Waals surface area contributed by atoms with Gasteiger partial charge in [-0.05, 0) is 33.3 Å². The van der Waals surface area contributed by atoms with Crippen molar-refractivity contribution in [2.45, 2.75) is 44.9 Å². The van der Waals surface area contributed by atoms with Gasteiger partial charge in [0.25, 0.3) is 0 Å². The van der Waals surface area contributed by atoms with E-state index in [0.29, 0.717) is 29.7 Å². The van der Waals surface area contributed by atoms with E-state index in [1.807, 2.05) is 37.1 Å². The minimum Gasteiger partial charge on any atom is -0.444 e. The summed E-state index contributed by atoms with van der Waals surface area (Å²) >= 11 is 7.83. The molecule has 1 amide bonds. The van der Waals surface area contributed by atoms with E-state index in [0.717, 1.165) is 17.1 Å². The Labute approximate surface area is 177 Å². The van der Waals surface area contributed by atoms with Crippen molar-refractivity contribution in [1.82, 2.24) is 24.5 Å². The summed E-state index contributed by atoms with van der Waals surface area (Å²) in [7, 11) is 0. The fourth-order valence-electron chi connectivity index (χ4n) is 3.96. The van der Waals surface area contributed by atoms with Crippen LogP contribution in [0.15, 0.2) is 23.7 Å². The van der Waals surface area contributed by atoms with Crippen molar-refractivity contribution in [3.05, 3.63) is 28.7 Å². The number of anilines is 1. The molecule has 0 N–H and O–H groups in total. The molecule has 3 aromatic heterocycles. The summed E-state index contributed by atoms with van der Waals surface area (Å²) in [4.78, 5) is 25.5. The second-order valence-corrected chi connectivity index (χ2v) is 9.74. The van der Waals surface area contributed by atoms with Gasteiger partial charge in [-0.2, -0.15) is 4.98 Å². The lowest BCUT2D eigenvalue weighted by molar-refractivity contribution is -0.0381. The van der Waals surface area contributed by atoms with Crippen molar-refractivity contribution < 1.29 is 9.53 Å². The molecule has 6 heterocycles. The summed E-state index contributed by atoms with van der Waals surface area (Å²) in [6, 6.07) is 3.89. The number of piperazine rings is 1. The molecule has 0 saturated carbocycles. The Hall–Kier alpha value is -2.39. The van der Waals surface area contributed by atoms with Crippen LogP contribution >= 0.6 is 22.9 Å². The van der Waals surface area contributed by atoms with Gasteiger partial charge in [0.05, 0.1) is 12.1 Å². The molecule has 6 rings (SSSR count). The number of carbonyl (C=O) groups is 1. The molecule has 0 aromatic carbocycles. The third-order valence-electron chi connectivity index (χ3n) is 5.12. The zero-order chi connectivity index (χ0) is 20.3. The quantitative estimate of drug-likeness (QED) is 0.614. The lowest BCUT2D eigenvalue weighted by Crippen LogP contribution is -2.70. The maximum absolute atomic E-state index is 12.5. The Balaban J connectivity index is 1.40. The van der Waals surface area contributed by atoms with E-state index in [1.54, 1.807) is 16.8 Å². The molecule has 29 heavy (non-hydrogen) atoms. The molecule has 3 aromatic rings. The van der Waals surface area contributed by atoms with Crippen molar-refractivity contribution in [2.24, 2.45) is 0 Å². The highest BCUT2D eigenvalue weighted by Crippen LogP contribution is 2.35. The molecular weight excluding hydrogens is 412 g/mol. The van der Waals surface area contributed by atoms with E-state index in [9.17, 15) is 4.79 Å². The van der Waals surface area contributed by atoms with Gasteiger partial charge in [-0.25, -0.2) is 14.3 Å². The van der Waals surface area contributed by atoms with E-state index in [4.69, 9.17) is 21.4 Å². The Morgan fingerprint density at radius 2 is 2.03 bits per heavy atom. The van der Waals surface area contributed by atoms with Gasteiger partial charge in [0.1, 0.15) is 16.3 Å². The molecule has 152 valence electrons. The lowest BCUT2D eigenvalue weighted by atomic mass is 9.88. The summed E-state index contributed by atoms with van der Waals surface area (Å²) in [5, 5.41) is 8.08. The molecule has 0 aliphatic carbocycles. The van der Waals surface area contributed by atoms with E-state index >= 15 is 0 Å². The van der Waals surface area contributed by atoms with Crippen LogP contribution in [0.1, 0.15) is 27.2 Å². The first-order valence-corrected chi connectivity index (χ1v) is 10.8. The summed E-state index contributed by atoms with van der Waals surface area (Å²) in [5.41, 5.74) is 1.01. The van der Waals surface area contributed by atoms with Crippen LogP contribution in [0.2, 0.25) is 5.02 Å². The number of amides is 1. The highest BCUT2D eigenvalue weighted by atomic mass is 35.5. The molecule has 3 fully saturated rings. The zero-order valence-electron chi connectivity index (χ0n) is 16.4. The SMILES string of the molecule is CC(C)(C)OC(=O)N1C2CC1CN(c1nc3cc(Cl)cc(-c4nccs4)n3n1)C2. The number of carbonyl (C=O) groups excluding carboxylic acids is 1. The maximum Gasteiger partial charge on any atom is 0.410 e. The first-order valence-electron chi connectivity index (χ1n) is 9.51. The average Bonchev–Trinajstić information content (AvgIpc) is 3.29. The molecule has 3 aliphatic rings. The Morgan fingerprint density at radius 3 is 2.69 bits per heavy atom. The number of nitrogens with zero attached hydrogens (tertiary/aromatic N) is 6. The third-order valence-corrected chi connectivity index (χ3v) is 6.14. The average molecular weight is 433 g/mol. The zero-order valence-corrected chi connectivity index (χ0v) is 17.9. The number of fused-ring (bicyclic) bond motifs is 3. The van der Waals surface area contributed by atoms with E-state index in [-0.39, 0.29) is 18.2 Å². The van der Waals surface area contributed by atoms with Gasteiger partial charge in [-0.1, -0.05) is 11.6 Å². The first kappa shape index (κ1) is 18.6. The molecule has 3 aliphatic heterocycles. The van der Waals surface area contributed by atoms with Crippen molar-refractivity contribution in [2.75, 3.05) is 18.0 Å². The number of thiazole rings is 1. The largest absolute Gasteiger partial charge is 0.444 e. The van der Waals surface area contributed by atoms with Gasteiger partial charge < -0.3 is 9.64 Å². The van der Waals surface area contributed by atoms with Crippen LogP contribution in [-0.4, -0.2) is 61.3 Å². The normalized spacial score (nSPS) is 21.4. The third kappa shape index (κ3) is 3.32. The maximum atomic E-state index is 12.5. The molecule has 8 nitrogen and oxygen atoms in total. The Kier molecular flexibility index (Phi) is 4.22. The molecule has 2 unspecified atom stereocenters. The van der Waals surface area contributed by atoms with E-state index in [2.05, 4.69) is 14.9 Å². The Morgan fingerprint density at radius 1 is 1.28 bits per heavy atom. The lowest BCUT2D eigenvalue weighted by Gasteiger charge is -2.55. The van der Waals surface area contributed by atoms with Crippen LogP contribution in [0.3, 0.4) is 0 Å². The number of pyridine rings is 1. The van der Waals surface area contributed by atoms with Crippen molar-refractivity contribution in [3.8, 4) is 10.7 Å². The fraction of sp³-hybridized carbons (Fsp3) is 0.474. The van der Waals surface area contributed by atoms with Crippen LogP contribution < -0.4 is 4.90 Å². The highest BCUT2D eigenvalue weighted by molar-refractivity contribution is 7.13. The highest BCUT2D eigenvalue weighted by Gasteiger charge is 2.49. The predicted molar refractivity (Wildman–Crippen MR) is 112 cm³/mol. The minimum absolute atomic E-state index is 0.122. The summed E-state index contributed by atoms with van der Waals surface area (Å²) in [6.45, 7) is 7.04. The second kappa shape index (κ2) is 6.56. The summed E-state index contributed by atoms with van der Waals surface area (Å²) < 4.78 is 7.33. The minimum atomic E-state index is -0.491. The second-order valence-electron chi connectivity index (χ2n) is 8.41. The summed E-state index contributed by atoms with van der Waals surface area (Å²) in [5.74, 6) is 0.642. The number of piperidine rings is 1. The number of aromatic nitrogens is 4. The van der Waals surface area contributed by atoms with Crippen LogP contribution in [0, 0.1) is 0 Å².